The van der Waals surface area contributed by atoms with Gasteiger partial charge in [-0.05, 0) is 56.5 Å². The molecule has 4 heteroatoms. The Morgan fingerprint density at radius 2 is 1.92 bits per heavy atom. The highest BCUT2D eigenvalue weighted by Crippen LogP contribution is 2.37. The highest BCUT2D eigenvalue weighted by molar-refractivity contribution is 9.13. The van der Waals surface area contributed by atoms with Crippen molar-refractivity contribution in [1.82, 2.24) is 0 Å². The molecule has 68 valence electrons. The Morgan fingerprint density at radius 3 is 2.62 bits per heavy atom. The van der Waals surface area contributed by atoms with E-state index >= 15 is 0 Å². The summed E-state index contributed by atoms with van der Waals surface area (Å²) in [7, 11) is 0. The zero-order valence-electron chi connectivity index (χ0n) is 6.90. The molecule has 0 bridgehead atoms. The molecule has 1 aromatic carbocycles. The van der Waals surface area contributed by atoms with E-state index in [0.717, 1.165) is 20.2 Å². The van der Waals surface area contributed by atoms with Gasteiger partial charge in [-0.15, -0.1) is 0 Å². The van der Waals surface area contributed by atoms with Crippen LogP contribution in [0.4, 0.5) is 5.69 Å². The number of amides is 1. The zero-order chi connectivity index (χ0) is 9.59. The first kappa shape index (κ1) is 9.21. The molecule has 0 aromatic heterocycles. The SMILES string of the molecule is CC1C(=O)Nc2cc(Br)c(Br)cc21. The van der Waals surface area contributed by atoms with Crippen molar-refractivity contribution >= 4 is 43.5 Å². The fraction of sp³-hybridized carbons (Fsp3) is 0.222. The minimum Gasteiger partial charge on any atom is -0.325 e. The van der Waals surface area contributed by atoms with Gasteiger partial charge in [0.15, 0.2) is 0 Å². The molecule has 0 aliphatic carbocycles. The Hall–Kier alpha value is -0.350. The second-order valence-electron chi connectivity index (χ2n) is 3.06. The lowest BCUT2D eigenvalue weighted by Crippen LogP contribution is -2.08. The monoisotopic (exact) mass is 303 g/mol. The average Bonchev–Trinajstić information content (AvgIpc) is 2.32. The van der Waals surface area contributed by atoms with Crippen LogP contribution < -0.4 is 5.32 Å². The standard InChI is InChI=1S/C9H7Br2NO/c1-4-5-2-6(10)7(11)3-8(5)12-9(4)13/h2-4H,1H3,(H,12,13). The van der Waals surface area contributed by atoms with Crippen LogP contribution >= 0.6 is 31.9 Å². The minimum atomic E-state index is -0.0422. The molecular weight excluding hydrogens is 298 g/mol. The number of carbonyl (C=O) groups is 1. The van der Waals surface area contributed by atoms with Crippen molar-refractivity contribution in [3.8, 4) is 0 Å². The summed E-state index contributed by atoms with van der Waals surface area (Å²) in [6.07, 6.45) is 0. The van der Waals surface area contributed by atoms with Crippen molar-refractivity contribution in [2.45, 2.75) is 12.8 Å². The molecule has 1 atom stereocenters. The Labute approximate surface area is 93.0 Å². The van der Waals surface area contributed by atoms with E-state index < -0.39 is 0 Å². The Morgan fingerprint density at radius 1 is 1.31 bits per heavy atom. The van der Waals surface area contributed by atoms with E-state index in [-0.39, 0.29) is 11.8 Å². The Balaban J connectivity index is 2.59. The summed E-state index contributed by atoms with van der Waals surface area (Å²) in [4.78, 5) is 11.3. The lowest BCUT2D eigenvalue weighted by atomic mass is 10.0. The molecule has 1 aliphatic heterocycles. The second-order valence-corrected chi connectivity index (χ2v) is 4.77. The van der Waals surface area contributed by atoms with Crippen LogP contribution in [0.2, 0.25) is 0 Å². The smallest absolute Gasteiger partial charge is 0.231 e. The van der Waals surface area contributed by atoms with Crippen LogP contribution in [0, 0.1) is 0 Å². The molecule has 1 aromatic rings. The summed E-state index contributed by atoms with van der Waals surface area (Å²) in [6, 6.07) is 3.89. The number of benzene rings is 1. The third kappa shape index (κ3) is 1.42. The first-order chi connectivity index (χ1) is 6.09. The van der Waals surface area contributed by atoms with E-state index in [0.29, 0.717) is 0 Å². The largest absolute Gasteiger partial charge is 0.325 e. The third-order valence-corrected chi connectivity index (χ3v) is 4.05. The molecule has 1 unspecified atom stereocenters. The van der Waals surface area contributed by atoms with Gasteiger partial charge in [0.05, 0.1) is 5.92 Å². The maximum absolute atomic E-state index is 11.3. The van der Waals surface area contributed by atoms with E-state index in [4.69, 9.17) is 0 Å². The third-order valence-electron chi connectivity index (χ3n) is 2.21. The van der Waals surface area contributed by atoms with Gasteiger partial charge in [0, 0.05) is 14.6 Å². The molecule has 13 heavy (non-hydrogen) atoms. The van der Waals surface area contributed by atoms with Gasteiger partial charge in [0.25, 0.3) is 0 Å². The van der Waals surface area contributed by atoms with Crippen LogP contribution in [0.3, 0.4) is 0 Å². The van der Waals surface area contributed by atoms with Crippen LogP contribution in [-0.4, -0.2) is 5.91 Å². The van der Waals surface area contributed by atoms with Crippen molar-refractivity contribution in [1.29, 1.82) is 0 Å². The number of anilines is 1. The van der Waals surface area contributed by atoms with Gasteiger partial charge in [0.2, 0.25) is 5.91 Å². The normalized spacial score (nSPS) is 19.9. The summed E-state index contributed by atoms with van der Waals surface area (Å²) in [5.74, 6) is 0.0272. The van der Waals surface area contributed by atoms with Gasteiger partial charge in [-0.3, -0.25) is 4.79 Å². The van der Waals surface area contributed by atoms with Gasteiger partial charge in [-0.25, -0.2) is 0 Å². The quantitative estimate of drug-likeness (QED) is 0.783. The molecule has 1 N–H and O–H groups in total. The summed E-state index contributed by atoms with van der Waals surface area (Å²) in [6.45, 7) is 1.90. The highest BCUT2D eigenvalue weighted by atomic mass is 79.9. The molecular formula is C9H7Br2NO. The molecule has 2 nitrogen and oxygen atoms in total. The number of nitrogens with one attached hydrogen (secondary N) is 1. The van der Waals surface area contributed by atoms with Crippen LogP contribution in [0.1, 0.15) is 18.4 Å². The van der Waals surface area contributed by atoms with Gasteiger partial charge in [0.1, 0.15) is 0 Å². The molecule has 0 radical (unpaired) electrons. The lowest BCUT2D eigenvalue weighted by Gasteiger charge is -2.03. The molecule has 1 aliphatic rings. The number of hydrogen-bond acceptors (Lipinski definition) is 1. The first-order valence-corrected chi connectivity index (χ1v) is 5.48. The van der Waals surface area contributed by atoms with Gasteiger partial charge in [-0.2, -0.15) is 0 Å². The number of rotatable bonds is 0. The molecule has 0 saturated carbocycles. The number of carbonyl (C=O) groups excluding carboxylic acids is 1. The second kappa shape index (κ2) is 3.10. The molecule has 0 spiro atoms. The van der Waals surface area contributed by atoms with Crippen LogP contribution in [-0.2, 0) is 4.79 Å². The highest BCUT2D eigenvalue weighted by Gasteiger charge is 2.26. The fourth-order valence-corrected chi connectivity index (χ4v) is 2.12. The predicted molar refractivity (Wildman–Crippen MR) is 58.9 cm³/mol. The molecule has 1 amide bonds. The summed E-state index contributed by atoms with van der Waals surface area (Å²) in [5.41, 5.74) is 1.97. The van der Waals surface area contributed by atoms with Gasteiger partial charge < -0.3 is 5.32 Å². The first-order valence-electron chi connectivity index (χ1n) is 3.89. The van der Waals surface area contributed by atoms with Crippen molar-refractivity contribution < 1.29 is 4.79 Å². The molecule has 0 saturated heterocycles. The van der Waals surface area contributed by atoms with Crippen molar-refractivity contribution in [2.24, 2.45) is 0 Å². The maximum atomic E-state index is 11.3. The van der Waals surface area contributed by atoms with E-state index in [1.165, 1.54) is 0 Å². The number of halogens is 2. The summed E-state index contributed by atoms with van der Waals surface area (Å²) < 4.78 is 1.94. The minimum absolute atomic E-state index is 0.0422. The van der Waals surface area contributed by atoms with E-state index in [1.807, 2.05) is 19.1 Å². The van der Waals surface area contributed by atoms with E-state index in [2.05, 4.69) is 37.2 Å². The van der Waals surface area contributed by atoms with Crippen LogP contribution in [0.25, 0.3) is 0 Å². The zero-order valence-corrected chi connectivity index (χ0v) is 10.1. The lowest BCUT2D eigenvalue weighted by molar-refractivity contribution is -0.116. The molecule has 2 rings (SSSR count). The predicted octanol–water partition coefficient (Wildman–Crippen LogP) is 3.27. The van der Waals surface area contributed by atoms with Crippen LogP contribution in [0.5, 0.6) is 0 Å². The topological polar surface area (TPSA) is 29.1 Å². The van der Waals surface area contributed by atoms with E-state index in [9.17, 15) is 4.79 Å². The van der Waals surface area contributed by atoms with Gasteiger partial charge in [-0.1, -0.05) is 0 Å². The maximum Gasteiger partial charge on any atom is 0.231 e. The van der Waals surface area contributed by atoms with E-state index in [1.54, 1.807) is 0 Å². The Kier molecular flexibility index (Phi) is 2.20. The van der Waals surface area contributed by atoms with Crippen molar-refractivity contribution in [3.05, 3.63) is 26.6 Å². The summed E-state index contributed by atoms with van der Waals surface area (Å²) >= 11 is 6.80. The fourth-order valence-electron chi connectivity index (χ4n) is 1.41. The summed E-state index contributed by atoms with van der Waals surface area (Å²) in [5, 5.41) is 2.83. The molecule has 1 heterocycles. The van der Waals surface area contributed by atoms with Crippen molar-refractivity contribution in [3.63, 3.8) is 0 Å². The number of fused-ring (bicyclic) bond motifs is 1. The average molecular weight is 305 g/mol. The Bertz CT molecular complexity index is 389. The van der Waals surface area contributed by atoms with Gasteiger partial charge >= 0.3 is 0 Å². The molecule has 0 fully saturated rings. The van der Waals surface area contributed by atoms with Crippen molar-refractivity contribution in [2.75, 3.05) is 5.32 Å². The van der Waals surface area contributed by atoms with Crippen LogP contribution in [0.15, 0.2) is 21.1 Å². The number of hydrogen-bond donors (Lipinski definition) is 1.